The molecule has 1 amide bonds. The highest BCUT2D eigenvalue weighted by molar-refractivity contribution is 14.1. The number of anilines is 1. The van der Waals surface area contributed by atoms with E-state index in [-0.39, 0.29) is 12.3 Å². The molecule has 0 spiro atoms. The lowest BCUT2D eigenvalue weighted by molar-refractivity contribution is -0.141. The molecule has 0 saturated heterocycles. The molecule has 1 aromatic rings. The van der Waals surface area contributed by atoms with E-state index >= 15 is 0 Å². The molecule has 2 N–H and O–H groups in total. The van der Waals surface area contributed by atoms with Crippen LogP contribution < -0.4 is 5.32 Å². The number of likely N-dealkylation sites (N-methyl/N-ethyl adjacent to an activating group) is 1. The second-order valence-corrected chi connectivity index (χ2v) is 5.54. The average molecular weight is 360 g/mol. The van der Waals surface area contributed by atoms with Gasteiger partial charge in [0, 0.05) is 22.8 Å². The van der Waals surface area contributed by atoms with Gasteiger partial charge in [-0.3, -0.25) is 9.59 Å². The van der Waals surface area contributed by atoms with E-state index in [1.54, 1.807) is 11.9 Å². The first-order chi connectivity index (χ1) is 8.47. The van der Waals surface area contributed by atoms with Gasteiger partial charge in [-0.2, -0.15) is 0 Å². The van der Waals surface area contributed by atoms with Crippen LogP contribution in [0, 0.1) is 3.57 Å². The Labute approximate surface area is 118 Å². The molecule has 0 radical (unpaired) electrons. The second-order valence-electron chi connectivity index (χ2n) is 4.29. The van der Waals surface area contributed by atoms with Crippen molar-refractivity contribution in [3.05, 3.63) is 27.3 Å². The first-order valence-electron chi connectivity index (χ1n) is 5.49. The number of fused-ring (bicyclic) bond motifs is 1. The van der Waals surface area contributed by atoms with Gasteiger partial charge >= 0.3 is 5.97 Å². The topological polar surface area (TPSA) is 69.6 Å². The molecule has 1 aliphatic rings. The summed E-state index contributed by atoms with van der Waals surface area (Å²) in [6.07, 6.45) is -0.214. The van der Waals surface area contributed by atoms with Crippen LogP contribution in [0.25, 0.3) is 0 Å². The van der Waals surface area contributed by atoms with E-state index in [9.17, 15) is 9.59 Å². The van der Waals surface area contributed by atoms with Gasteiger partial charge in [0.25, 0.3) is 0 Å². The van der Waals surface area contributed by atoms with Crippen molar-refractivity contribution >= 4 is 40.2 Å². The molecule has 0 aromatic heterocycles. The summed E-state index contributed by atoms with van der Waals surface area (Å²) >= 11 is 2.21. The Kier molecular flexibility index (Phi) is 3.74. The molecule has 6 heteroatoms. The number of benzene rings is 1. The van der Waals surface area contributed by atoms with E-state index in [0.29, 0.717) is 6.54 Å². The fraction of sp³-hybridized carbons (Fsp3) is 0.333. The number of aliphatic carboxylic acids is 1. The Morgan fingerprint density at radius 2 is 2.33 bits per heavy atom. The van der Waals surface area contributed by atoms with E-state index in [0.717, 1.165) is 14.8 Å². The number of halogens is 1. The molecule has 0 bridgehead atoms. The number of nitrogens with one attached hydrogen (secondary N) is 1. The molecular weight excluding hydrogens is 347 g/mol. The van der Waals surface area contributed by atoms with Crippen molar-refractivity contribution in [2.45, 2.75) is 19.0 Å². The molecule has 0 fully saturated rings. The van der Waals surface area contributed by atoms with E-state index in [4.69, 9.17) is 5.11 Å². The van der Waals surface area contributed by atoms with Gasteiger partial charge in [-0.05, 0) is 46.4 Å². The van der Waals surface area contributed by atoms with Crippen LogP contribution in [0.1, 0.15) is 12.0 Å². The fourth-order valence-corrected chi connectivity index (χ4v) is 2.55. The number of carbonyl (C=O) groups is 2. The highest BCUT2D eigenvalue weighted by atomic mass is 127. The van der Waals surface area contributed by atoms with Gasteiger partial charge in [0.2, 0.25) is 5.91 Å². The average Bonchev–Trinajstić information content (AvgIpc) is 2.39. The maximum atomic E-state index is 12.0. The van der Waals surface area contributed by atoms with Gasteiger partial charge in [0.1, 0.15) is 6.04 Å². The highest BCUT2D eigenvalue weighted by Crippen LogP contribution is 2.25. The maximum absolute atomic E-state index is 12.0. The summed E-state index contributed by atoms with van der Waals surface area (Å²) < 4.78 is 1.09. The number of hydrogen-bond donors (Lipinski definition) is 2. The van der Waals surface area contributed by atoms with Crippen molar-refractivity contribution in [3.8, 4) is 0 Å². The molecule has 1 aliphatic heterocycles. The summed E-state index contributed by atoms with van der Waals surface area (Å²) in [6.45, 7) is 0.494. The molecule has 2 rings (SSSR count). The summed E-state index contributed by atoms with van der Waals surface area (Å²) in [6, 6.07) is 5.11. The van der Waals surface area contributed by atoms with E-state index in [1.807, 2.05) is 18.2 Å². The predicted octanol–water partition coefficient (Wildman–Crippen LogP) is 1.52. The fourth-order valence-electron chi connectivity index (χ4n) is 2.00. The van der Waals surface area contributed by atoms with Gasteiger partial charge in [-0.1, -0.05) is 0 Å². The SMILES string of the molecule is CN1Cc2cc(I)ccc2NC(CC(=O)O)C1=O. The summed E-state index contributed by atoms with van der Waals surface area (Å²) in [5.41, 5.74) is 1.84. The first-order valence-corrected chi connectivity index (χ1v) is 6.57. The molecule has 1 heterocycles. The quantitative estimate of drug-likeness (QED) is 0.785. The Balaban J connectivity index is 2.34. The highest BCUT2D eigenvalue weighted by Gasteiger charge is 2.28. The van der Waals surface area contributed by atoms with Crippen molar-refractivity contribution in [3.63, 3.8) is 0 Å². The molecule has 18 heavy (non-hydrogen) atoms. The third kappa shape index (κ3) is 2.74. The summed E-state index contributed by atoms with van der Waals surface area (Å²) in [7, 11) is 1.69. The molecule has 96 valence electrons. The van der Waals surface area contributed by atoms with Crippen LogP contribution in [0.5, 0.6) is 0 Å². The van der Waals surface area contributed by atoms with Gasteiger partial charge in [0.15, 0.2) is 0 Å². The Hall–Kier alpha value is -1.31. The lowest BCUT2D eigenvalue weighted by Gasteiger charge is -2.19. The summed E-state index contributed by atoms with van der Waals surface area (Å²) in [5, 5.41) is 11.9. The van der Waals surface area contributed by atoms with Crippen LogP contribution >= 0.6 is 22.6 Å². The van der Waals surface area contributed by atoms with Crippen molar-refractivity contribution in [2.75, 3.05) is 12.4 Å². The Morgan fingerprint density at radius 1 is 1.61 bits per heavy atom. The van der Waals surface area contributed by atoms with Crippen LogP contribution in [-0.4, -0.2) is 35.0 Å². The molecule has 1 aromatic carbocycles. The Bertz CT molecular complexity index is 504. The van der Waals surface area contributed by atoms with Crippen molar-refractivity contribution < 1.29 is 14.7 Å². The molecule has 5 nitrogen and oxygen atoms in total. The number of rotatable bonds is 2. The Morgan fingerprint density at radius 3 is 3.00 bits per heavy atom. The number of nitrogens with zero attached hydrogens (tertiary/aromatic N) is 1. The van der Waals surface area contributed by atoms with Crippen LogP contribution in [0.15, 0.2) is 18.2 Å². The molecular formula is C12H13IN2O3. The summed E-state index contributed by atoms with van der Waals surface area (Å²) in [4.78, 5) is 24.4. The third-order valence-electron chi connectivity index (χ3n) is 2.86. The summed E-state index contributed by atoms with van der Waals surface area (Å²) in [5.74, 6) is -1.17. The largest absolute Gasteiger partial charge is 0.481 e. The van der Waals surface area contributed by atoms with Crippen LogP contribution in [0.3, 0.4) is 0 Å². The van der Waals surface area contributed by atoms with E-state index in [2.05, 4.69) is 27.9 Å². The lowest BCUT2D eigenvalue weighted by atomic mass is 10.1. The van der Waals surface area contributed by atoms with Crippen molar-refractivity contribution in [2.24, 2.45) is 0 Å². The first kappa shape index (κ1) is 13.1. The maximum Gasteiger partial charge on any atom is 0.305 e. The van der Waals surface area contributed by atoms with Crippen molar-refractivity contribution in [1.29, 1.82) is 0 Å². The monoisotopic (exact) mass is 360 g/mol. The zero-order valence-corrected chi connectivity index (χ0v) is 12.0. The number of carboxylic acids is 1. The number of hydrogen-bond acceptors (Lipinski definition) is 3. The minimum absolute atomic E-state index is 0.191. The molecule has 1 atom stereocenters. The van der Waals surface area contributed by atoms with Gasteiger partial charge in [-0.25, -0.2) is 0 Å². The molecule has 0 saturated carbocycles. The standard InChI is InChI=1S/C12H13IN2O3/c1-15-6-7-4-8(13)2-3-9(7)14-10(12(15)18)5-11(16)17/h2-4,10,14H,5-6H2,1H3,(H,16,17). The number of carboxylic acid groups (broad SMARTS) is 1. The second kappa shape index (κ2) is 5.13. The minimum Gasteiger partial charge on any atom is -0.481 e. The number of carbonyl (C=O) groups excluding carboxylic acids is 1. The minimum atomic E-state index is -0.983. The van der Waals surface area contributed by atoms with E-state index < -0.39 is 12.0 Å². The lowest BCUT2D eigenvalue weighted by Crippen LogP contribution is -2.39. The van der Waals surface area contributed by atoms with E-state index in [1.165, 1.54) is 0 Å². The van der Waals surface area contributed by atoms with Crippen LogP contribution in [0.2, 0.25) is 0 Å². The van der Waals surface area contributed by atoms with Gasteiger partial charge < -0.3 is 15.3 Å². The molecule has 0 aliphatic carbocycles. The third-order valence-corrected chi connectivity index (χ3v) is 3.53. The van der Waals surface area contributed by atoms with Gasteiger partial charge in [0.05, 0.1) is 6.42 Å². The van der Waals surface area contributed by atoms with Gasteiger partial charge in [-0.15, -0.1) is 0 Å². The molecule has 1 unspecified atom stereocenters. The normalized spacial score (nSPS) is 18.9. The number of amides is 1. The smallest absolute Gasteiger partial charge is 0.305 e. The predicted molar refractivity (Wildman–Crippen MR) is 75.3 cm³/mol. The zero-order chi connectivity index (χ0) is 13.3. The van der Waals surface area contributed by atoms with Crippen LogP contribution in [0.4, 0.5) is 5.69 Å². The van der Waals surface area contributed by atoms with Crippen LogP contribution in [-0.2, 0) is 16.1 Å². The zero-order valence-electron chi connectivity index (χ0n) is 9.81. The van der Waals surface area contributed by atoms with Crippen molar-refractivity contribution in [1.82, 2.24) is 4.90 Å².